The number of nitrogens with one attached hydrogen (secondary N) is 1. The predicted molar refractivity (Wildman–Crippen MR) is 88.0 cm³/mol. The molecule has 24 heavy (non-hydrogen) atoms. The van der Waals surface area contributed by atoms with Gasteiger partial charge in [0.15, 0.2) is 0 Å². The Morgan fingerprint density at radius 1 is 1.25 bits per heavy atom. The number of amides is 2. The van der Waals surface area contributed by atoms with Crippen LogP contribution in [0.2, 0.25) is 0 Å². The molecule has 4 nitrogen and oxygen atoms in total. The van der Waals surface area contributed by atoms with E-state index in [9.17, 15) is 18.0 Å². The van der Waals surface area contributed by atoms with E-state index in [0.717, 1.165) is 38.1 Å². The number of hydrogen-bond acceptors (Lipinski definition) is 2. The summed E-state index contributed by atoms with van der Waals surface area (Å²) in [7, 11) is 0. The van der Waals surface area contributed by atoms with E-state index >= 15 is 0 Å². The molecule has 1 fully saturated rings. The Kier molecular flexibility index (Phi) is 6.10. The number of carbonyl (C=O) groups excluding carboxylic acids is 1. The minimum atomic E-state index is -4.41. The van der Waals surface area contributed by atoms with E-state index in [-0.39, 0.29) is 11.7 Å². The Morgan fingerprint density at radius 2 is 1.88 bits per heavy atom. The molecule has 2 rings (SSSR count). The molecule has 0 aliphatic carbocycles. The molecule has 1 heterocycles. The highest BCUT2D eigenvalue weighted by Crippen LogP contribution is 2.30. The Bertz CT molecular complexity index is 550. The molecule has 1 N–H and O–H groups in total. The van der Waals surface area contributed by atoms with Crippen molar-refractivity contribution in [3.63, 3.8) is 0 Å². The molecule has 1 aliphatic heterocycles. The summed E-state index contributed by atoms with van der Waals surface area (Å²) >= 11 is 0. The summed E-state index contributed by atoms with van der Waals surface area (Å²) in [5.74, 6) is 0. The van der Waals surface area contributed by atoms with Gasteiger partial charge in [-0.3, -0.25) is 4.90 Å². The molecular weight excluding hydrogens is 319 g/mol. The standard InChI is InChI=1S/C17H24F3N3O/c1-3-8-22(9-4-2)15-11-23(12-15)16(24)21-14-7-5-6-13(10-14)17(18,19)20/h5-7,10,15H,3-4,8-9,11-12H2,1-2H3,(H,21,24). The zero-order valence-corrected chi connectivity index (χ0v) is 14.1. The van der Waals surface area contributed by atoms with Crippen molar-refractivity contribution in [1.82, 2.24) is 9.80 Å². The molecule has 0 atom stereocenters. The van der Waals surface area contributed by atoms with Gasteiger partial charge < -0.3 is 10.2 Å². The topological polar surface area (TPSA) is 35.6 Å². The molecule has 1 aromatic rings. The maximum absolute atomic E-state index is 12.7. The van der Waals surface area contributed by atoms with Gasteiger partial charge in [0, 0.05) is 24.8 Å². The third-order valence-electron chi connectivity index (χ3n) is 4.13. The van der Waals surface area contributed by atoms with E-state index in [4.69, 9.17) is 0 Å². The number of nitrogens with zero attached hydrogens (tertiary/aromatic N) is 2. The van der Waals surface area contributed by atoms with Crippen molar-refractivity contribution in [3.05, 3.63) is 29.8 Å². The maximum Gasteiger partial charge on any atom is 0.416 e. The predicted octanol–water partition coefficient (Wildman–Crippen LogP) is 4.04. The first-order chi connectivity index (χ1) is 11.3. The molecule has 134 valence electrons. The van der Waals surface area contributed by atoms with Gasteiger partial charge in [0.1, 0.15) is 0 Å². The first kappa shape index (κ1) is 18.6. The van der Waals surface area contributed by atoms with Crippen LogP contribution in [0.5, 0.6) is 0 Å². The largest absolute Gasteiger partial charge is 0.416 e. The molecule has 0 unspecified atom stereocenters. The van der Waals surface area contributed by atoms with Crippen molar-refractivity contribution in [3.8, 4) is 0 Å². The summed E-state index contributed by atoms with van der Waals surface area (Å²) in [6.07, 6.45) is -2.29. The fourth-order valence-electron chi connectivity index (χ4n) is 2.88. The van der Waals surface area contributed by atoms with Crippen molar-refractivity contribution in [2.45, 2.75) is 38.9 Å². The van der Waals surface area contributed by atoms with Crippen LogP contribution in [0.25, 0.3) is 0 Å². The zero-order valence-electron chi connectivity index (χ0n) is 14.1. The lowest BCUT2D eigenvalue weighted by atomic mass is 10.1. The Morgan fingerprint density at radius 3 is 2.42 bits per heavy atom. The second kappa shape index (κ2) is 7.88. The van der Waals surface area contributed by atoms with Gasteiger partial charge in [0.2, 0.25) is 0 Å². The van der Waals surface area contributed by atoms with E-state index < -0.39 is 11.7 Å². The molecule has 2 amide bonds. The molecule has 0 bridgehead atoms. The van der Waals surface area contributed by atoms with E-state index in [0.29, 0.717) is 19.1 Å². The summed E-state index contributed by atoms with van der Waals surface area (Å²) in [5.41, 5.74) is -0.601. The number of halogens is 3. The number of likely N-dealkylation sites (tertiary alicyclic amines) is 1. The summed E-state index contributed by atoms with van der Waals surface area (Å²) < 4.78 is 38.1. The molecule has 0 spiro atoms. The van der Waals surface area contributed by atoms with Crippen LogP contribution in [0.1, 0.15) is 32.3 Å². The number of urea groups is 1. The average molecular weight is 343 g/mol. The highest BCUT2D eigenvalue weighted by Gasteiger charge is 2.34. The van der Waals surface area contributed by atoms with Crippen LogP contribution in [0, 0.1) is 0 Å². The summed E-state index contributed by atoms with van der Waals surface area (Å²) in [6, 6.07) is 4.70. The average Bonchev–Trinajstić information content (AvgIpc) is 2.45. The summed E-state index contributed by atoms with van der Waals surface area (Å²) in [5, 5.41) is 2.55. The van der Waals surface area contributed by atoms with Gasteiger partial charge in [0.05, 0.1) is 5.56 Å². The lowest BCUT2D eigenvalue weighted by molar-refractivity contribution is -0.137. The Labute approximate surface area is 140 Å². The lowest BCUT2D eigenvalue weighted by Gasteiger charge is -2.45. The minimum absolute atomic E-state index is 0.164. The van der Waals surface area contributed by atoms with Gasteiger partial charge in [0.25, 0.3) is 0 Å². The van der Waals surface area contributed by atoms with Gasteiger partial charge in [-0.2, -0.15) is 13.2 Å². The first-order valence-corrected chi connectivity index (χ1v) is 8.32. The number of alkyl halides is 3. The zero-order chi connectivity index (χ0) is 17.7. The van der Waals surface area contributed by atoms with Crippen molar-refractivity contribution < 1.29 is 18.0 Å². The van der Waals surface area contributed by atoms with Gasteiger partial charge in [-0.25, -0.2) is 4.79 Å². The highest BCUT2D eigenvalue weighted by atomic mass is 19.4. The number of rotatable bonds is 6. The highest BCUT2D eigenvalue weighted by molar-refractivity contribution is 5.90. The molecule has 7 heteroatoms. The van der Waals surface area contributed by atoms with Gasteiger partial charge in [-0.1, -0.05) is 19.9 Å². The molecule has 0 radical (unpaired) electrons. The van der Waals surface area contributed by atoms with E-state index in [1.54, 1.807) is 4.90 Å². The first-order valence-electron chi connectivity index (χ1n) is 8.32. The van der Waals surface area contributed by atoms with Gasteiger partial charge >= 0.3 is 12.2 Å². The second-order valence-electron chi connectivity index (χ2n) is 6.10. The van der Waals surface area contributed by atoms with E-state index in [1.807, 2.05) is 0 Å². The molecule has 1 aliphatic rings. The number of anilines is 1. The van der Waals surface area contributed by atoms with Gasteiger partial charge in [-0.15, -0.1) is 0 Å². The smallest absolute Gasteiger partial charge is 0.321 e. The normalized spacial score (nSPS) is 15.5. The Balaban J connectivity index is 1.89. The van der Waals surface area contributed by atoms with Crippen molar-refractivity contribution in [2.24, 2.45) is 0 Å². The molecular formula is C17H24F3N3O. The molecule has 0 aromatic heterocycles. The summed E-state index contributed by atoms with van der Waals surface area (Å²) in [6.45, 7) is 7.48. The monoisotopic (exact) mass is 343 g/mol. The van der Waals surface area contributed by atoms with Crippen LogP contribution in [-0.4, -0.2) is 48.1 Å². The van der Waals surface area contributed by atoms with E-state index in [1.165, 1.54) is 12.1 Å². The fourth-order valence-corrected chi connectivity index (χ4v) is 2.88. The lowest BCUT2D eigenvalue weighted by Crippen LogP contribution is -2.62. The van der Waals surface area contributed by atoms with Crippen LogP contribution in [0.3, 0.4) is 0 Å². The molecule has 1 aromatic carbocycles. The molecule has 1 saturated heterocycles. The number of carbonyl (C=O) groups is 1. The van der Waals surface area contributed by atoms with Gasteiger partial charge in [-0.05, 0) is 44.1 Å². The van der Waals surface area contributed by atoms with Crippen LogP contribution < -0.4 is 5.32 Å². The van der Waals surface area contributed by atoms with Crippen molar-refractivity contribution >= 4 is 11.7 Å². The van der Waals surface area contributed by atoms with E-state index in [2.05, 4.69) is 24.1 Å². The second-order valence-corrected chi connectivity index (χ2v) is 6.10. The van der Waals surface area contributed by atoms with Crippen LogP contribution in [0.15, 0.2) is 24.3 Å². The van der Waals surface area contributed by atoms with Crippen LogP contribution in [0.4, 0.5) is 23.7 Å². The third kappa shape index (κ3) is 4.63. The Hall–Kier alpha value is -1.76. The van der Waals surface area contributed by atoms with Crippen LogP contribution in [-0.2, 0) is 6.18 Å². The fraction of sp³-hybridized carbons (Fsp3) is 0.588. The minimum Gasteiger partial charge on any atom is -0.321 e. The SMILES string of the molecule is CCCN(CCC)C1CN(C(=O)Nc2cccc(C(F)(F)F)c2)C1. The quantitative estimate of drug-likeness (QED) is 0.846. The molecule has 0 saturated carbocycles. The number of benzene rings is 1. The third-order valence-corrected chi connectivity index (χ3v) is 4.13. The maximum atomic E-state index is 12.7. The summed E-state index contributed by atoms with van der Waals surface area (Å²) in [4.78, 5) is 16.2. The van der Waals surface area contributed by atoms with Crippen molar-refractivity contribution in [2.75, 3.05) is 31.5 Å². The van der Waals surface area contributed by atoms with Crippen LogP contribution >= 0.6 is 0 Å². The number of hydrogen-bond donors (Lipinski definition) is 1. The van der Waals surface area contributed by atoms with Crippen molar-refractivity contribution in [1.29, 1.82) is 0 Å².